The van der Waals surface area contributed by atoms with Crippen LogP contribution in [0.15, 0.2) is 18.2 Å². The van der Waals surface area contributed by atoms with Crippen molar-refractivity contribution in [3.63, 3.8) is 0 Å². The number of benzene rings is 1. The smallest absolute Gasteiger partial charge is 0.146 e. The summed E-state index contributed by atoms with van der Waals surface area (Å²) < 4.78 is 19.1. The van der Waals surface area contributed by atoms with Crippen LogP contribution in [0.25, 0.3) is 0 Å². The summed E-state index contributed by atoms with van der Waals surface area (Å²) in [5, 5.41) is 3.56. The molecule has 0 aromatic heterocycles. The van der Waals surface area contributed by atoms with Gasteiger partial charge < -0.3 is 15.0 Å². The standard InChI is InChI=1S/C15H21FN2O/c1-19-13-4-5-14(16)15(8-13)18-7-6-11(10-18)9-17-12-2-3-12/h4-5,8,11-12,17H,2-3,6-7,9-10H2,1H3. The summed E-state index contributed by atoms with van der Waals surface area (Å²) >= 11 is 0. The Kier molecular flexibility index (Phi) is 3.60. The average molecular weight is 264 g/mol. The van der Waals surface area contributed by atoms with Crippen LogP contribution in [0.4, 0.5) is 10.1 Å². The van der Waals surface area contributed by atoms with Gasteiger partial charge in [0.2, 0.25) is 0 Å². The van der Waals surface area contributed by atoms with E-state index in [1.165, 1.54) is 18.9 Å². The third-order valence-electron chi connectivity index (χ3n) is 4.05. The van der Waals surface area contributed by atoms with Gasteiger partial charge in [-0.2, -0.15) is 0 Å². The van der Waals surface area contributed by atoms with Crippen LogP contribution in [-0.2, 0) is 0 Å². The zero-order valence-electron chi connectivity index (χ0n) is 11.4. The van der Waals surface area contributed by atoms with Gasteiger partial charge in [-0.1, -0.05) is 0 Å². The van der Waals surface area contributed by atoms with Crippen LogP contribution in [0.5, 0.6) is 5.75 Å². The van der Waals surface area contributed by atoms with E-state index in [-0.39, 0.29) is 5.82 Å². The highest BCUT2D eigenvalue weighted by Gasteiger charge is 2.27. The van der Waals surface area contributed by atoms with Gasteiger partial charge in [-0.25, -0.2) is 4.39 Å². The Morgan fingerprint density at radius 1 is 1.37 bits per heavy atom. The van der Waals surface area contributed by atoms with E-state index in [2.05, 4.69) is 10.2 Å². The van der Waals surface area contributed by atoms with E-state index in [1.54, 1.807) is 19.2 Å². The van der Waals surface area contributed by atoms with Gasteiger partial charge in [0.25, 0.3) is 0 Å². The molecule has 1 unspecified atom stereocenters. The molecule has 3 nitrogen and oxygen atoms in total. The summed E-state index contributed by atoms with van der Waals surface area (Å²) in [5.41, 5.74) is 0.674. The highest BCUT2D eigenvalue weighted by atomic mass is 19.1. The SMILES string of the molecule is COc1ccc(F)c(N2CCC(CNC3CC3)C2)c1. The number of rotatable bonds is 5. The normalized spacial score (nSPS) is 22.8. The van der Waals surface area contributed by atoms with Crippen molar-refractivity contribution in [3.05, 3.63) is 24.0 Å². The molecule has 1 saturated heterocycles. The fourth-order valence-corrected chi connectivity index (χ4v) is 2.70. The zero-order valence-corrected chi connectivity index (χ0v) is 11.4. The van der Waals surface area contributed by atoms with Gasteiger partial charge in [0.1, 0.15) is 11.6 Å². The number of anilines is 1. The van der Waals surface area contributed by atoms with Crippen molar-refractivity contribution in [1.29, 1.82) is 0 Å². The van der Waals surface area contributed by atoms with Crippen LogP contribution < -0.4 is 15.0 Å². The van der Waals surface area contributed by atoms with Crippen LogP contribution in [0, 0.1) is 11.7 Å². The van der Waals surface area contributed by atoms with Crippen molar-refractivity contribution >= 4 is 5.69 Å². The van der Waals surface area contributed by atoms with Gasteiger partial charge in [0.15, 0.2) is 0 Å². The third kappa shape index (κ3) is 3.00. The fraction of sp³-hybridized carbons (Fsp3) is 0.600. The Bertz CT molecular complexity index is 448. The number of methoxy groups -OCH3 is 1. The average Bonchev–Trinajstić information content (AvgIpc) is 3.15. The first kappa shape index (κ1) is 12.7. The number of hydrogen-bond acceptors (Lipinski definition) is 3. The van der Waals surface area contributed by atoms with Gasteiger partial charge in [-0.15, -0.1) is 0 Å². The van der Waals surface area contributed by atoms with Crippen LogP contribution >= 0.6 is 0 Å². The van der Waals surface area contributed by atoms with E-state index in [0.717, 1.165) is 37.8 Å². The molecule has 19 heavy (non-hydrogen) atoms. The van der Waals surface area contributed by atoms with Crippen LogP contribution in [0.1, 0.15) is 19.3 Å². The van der Waals surface area contributed by atoms with Crippen molar-refractivity contribution in [3.8, 4) is 5.75 Å². The monoisotopic (exact) mass is 264 g/mol. The second kappa shape index (κ2) is 5.37. The molecule has 0 spiro atoms. The topological polar surface area (TPSA) is 24.5 Å². The maximum Gasteiger partial charge on any atom is 0.146 e. The Hall–Kier alpha value is -1.29. The minimum Gasteiger partial charge on any atom is -0.497 e. The lowest BCUT2D eigenvalue weighted by atomic mass is 10.1. The molecule has 1 aromatic carbocycles. The molecule has 1 atom stereocenters. The van der Waals surface area contributed by atoms with Crippen molar-refractivity contribution in [2.45, 2.75) is 25.3 Å². The fourth-order valence-electron chi connectivity index (χ4n) is 2.70. The number of halogens is 1. The summed E-state index contributed by atoms with van der Waals surface area (Å²) in [7, 11) is 1.61. The zero-order chi connectivity index (χ0) is 13.2. The molecule has 1 heterocycles. The maximum atomic E-state index is 13.9. The molecular weight excluding hydrogens is 243 g/mol. The summed E-state index contributed by atoms with van der Waals surface area (Å²) in [4.78, 5) is 2.14. The summed E-state index contributed by atoms with van der Waals surface area (Å²) in [6.45, 7) is 2.93. The van der Waals surface area contributed by atoms with Crippen molar-refractivity contribution < 1.29 is 9.13 Å². The van der Waals surface area contributed by atoms with Gasteiger partial charge >= 0.3 is 0 Å². The Morgan fingerprint density at radius 2 is 2.21 bits per heavy atom. The van der Waals surface area contributed by atoms with Gasteiger partial charge in [-0.3, -0.25) is 0 Å². The minimum atomic E-state index is -0.156. The molecule has 1 aromatic rings. The predicted octanol–water partition coefficient (Wildman–Crippen LogP) is 2.41. The minimum absolute atomic E-state index is 0.156. The third-order valence-corrected chi connectivity index (χ3v) is 4.05. The van der Waals surface area contributed by atoms with E-state index in [1.807, 2.05) is 0 Å². The highest BCUT2D eigenvalue weighted by molar-refractivity contribution is 5.52. The van der Waals surface area contributed by atoms with Gasteiger partial charge in [0.05, 0.1) is 12.8 Å². The molecule has 0 amide bonds. The molecule has 1 aliphatic heterocycles. The molecule has 2 fully saturated rings. The quantitative estimate of drug-likeness (QED) is 0.884. The molecule has 2 aliphatic rings. The summed E-state index contributed by atoms with van der Waals surface area (Å²) in [5.74, 6) is 1.19. The summed E-state index contributed by atoms with van der Waals surface area (Å²) in [6, 6.07) is 5.71. The van der Waals surface area contributed by atoms with Crippen molar-refractivity contribution in [1.82, 2.24) is 5.32 Å². The van der Waals surface area contributed by atoms with Crippen molar-refractivity contribution in [2.24, 2.45) is 5.92 Å². The predicted molar refractivity (Wildman–Crippen MR) is 74.3 cm³/mol. The van der Waals surface area contributed by atoms with E-state index in [4.69, 9.17) is 4.74 Å². The molecule has 1 aliphatic carbocycles. The summed E-state index contributed by atoms with van der Waals surface area (Å²) in [6.07, 6.45) is 3.78. The molecule has 0 radical (unpaired) electrons. The number of nitrogens with zero attached hydrogens (tertiary/aromatic N) is 1. The molecule has 4 heteroatoms. The lowest BCUT2D eigenvalue weighted by Gasteiger charge is -2.20. The van der Waals surface area contributed by atoms with Gasteiger partial charge in [-0.05, 0) is 43.9 Å². The molecule has 1 saturated carbocycles. The molecule has 3 rings (SSSR count). The maximum absolute atomic E-state index is 13.9. The molecule has 0 bridgehead atoms. The Balaban J connectivity index is 1.62. The number of hydrogen-bond donors (Lipinski definition) is 1. The lowest BCUT2D eigenvalue weighted by molar-refractivity contribution is 0.413. The number of nitrogens with one attached hydrogen (secondary N) is 1. The van der Waals surface area contributed by atoms with E-state index < -0.39 is 0 Å². The van der Waals surface area contributed by atoms with Crippen LogP contribution in [0.2, 0.25) is 0 Å². The van der Waals surface area contributed by atoms with Gasteiger partial charge in [0, 0.05) is 25.2 Å². The first-order valence-corrected chi connectivity index (χ1v) is 7.08. The first-order chi connectivity index (χ1) is 9.26. The van der Waals surface area contributed by atoms with Crippen molar-refractivity contribution in [2.75, 3.05) is 31.6 Å². The first-order valence-electron chi connectivity index (χ1n) is 7.08. The number of ether oxygens (including phenoxy) is 1. The van der Waals surface area contributed by atoms with Crippen LogP contribution in [-0.4, -0.2) is 32.8 Å². The molecule has 104 valence electrons. The molecule has 1 N–H and O–H groups in total. The van der Waals surface area contributed by atoms with E-state index in [9.17, 15) is 4.39 Å². The van der Waals surface area contributed by atoms with E-state index in [0.29, 0.717) is 11.6 Å². The van der Waals surface area contributed by atoms with Crippen LogP contribution in [0.3, 0.4) is 0 Å². The second-order valence-corrected chi connectivity index (χ2v) is 5.60. The lowest BCUT2D eigenvalue weighted by Crippen LogP contribution is -2.27. The highest BCUT2D eigenvalue weighted by Crippen LogP contribution is 2.30. The largest absolute Gasteiger partial charge is 0.497 e. The van der Waals surface area contributed by atoms with E-state index >= 15 is 0 Å². The Labute approximate surface area is 113 Å². The second-order valence-electron chi connectivity index (χ2n) is 5.60. The Morgan fingerprint density at radius 3 is 2.95 bits per heavy atom. The molecular formula is C15H21FN2O.